The number of hydrogen-bond acceptors (Lipinski definition) is 5. The molecule has 0 bridgehead atoms. The van der Waals surface area contributed by atoms with Crippen LogP contribution in [0.25, 0.3) is 0 Å². The van der Waals surface area contributed by atoms with Crippen molar-refractivity contribution in [2.24, 2.45) is 11.8 Å². The molecule has 1 N–H and O–H groups in total. The summed E-state index contributed by atoms with van der Waals surface area (Å²) in [7, 11) is 0. The molecule has 8 nitrogen and oxygen atoms in total. The number of para-hydroxylation sites is 1. The fourth-order valence-corrected chi connectivity index (χ4v) is 4.80. The maximum absolute atomic E-state index is 13.2. The summed E-state index contributed by atoms with van der Waals surface area (Å²) < 4.78 is 0. The van der Waals surface area contributed by atoms with Gasteiger partial charge in [0, 0.05) is 43.5 Å². The smallest absolute Gasteiger partial charge is 0.293 e. The first kappa shape index (κ1) is 22.8. The highest BCUT2D eigenvalue weighted by atomic mass is 16.6. The number of hydrogen-bond donors (Lipinski definition) is 1. The van der Waals surface area contributed by atoms with Crippen LogP contribution in [0.4, 0.5) is 17.1 Å². The lowest BCUT2D eigenvalue weighted by molar-refractivity contribution is -0.384. The van der Waals surface area contributed by atoms with Gasteiger partial charge in [-0.05, 0) is 55.9 Å². The minimum absolute atomic E-state index is 0.0367. The second kappa shape index (κ2) is 10.0. The fraction of sp³-hybridized carbons (Fsp3) is 0.440. The Labute approximate surface area is 193 Å². The van der Waals surface area contributed by atoms with Crippen molar-refractivity contribution in [2.45, 2.75) is 32.6 Å². The SMILES string of the molecule is CC1CCCN(c2ccc(C(=O)N3CCCC(C(=O)Nc4ccccc4)C3)cc2[N+](=O)[O-])C1. The summed E-state index contributed by atoms with van der Waals surface area (Å²) >= 11 is 0. The van der Waals surface area contributed by atoms with Crippen molar-refractivity contribution in [3.05, 3.63) is 64.2 Å². The van der Waals surface area contributed by atoms with E-state index in [1.807, 2.05) is 35.2 Å². The molecule has 2 atom stereocenters. The molecule has 2 aromatic rings. The Morgan fingerprint density at radius 1 is 1.03 bits per heavy atom. The fourth-order valence-electron chi connectivity index (χ4n) is 4.80. The number of nitrogens with zero attached hydrogens (tertiary/aromatic N) is 3. The number of amides is 2. The second-order valence-electron chi connectivity index (χ2n) is 9.10. The number of nitrogens with one attached hydrogen (secondary N) is 1. The molecule has 2 unspecified atom stereocenters. The van der Waals surface area contributed by atoms with Gasteiger partial charge in [-0.3, -0.25) is 19.7 Å². The van der Waals surface area contributed by atoms with Crippen molar-refractivity contribution in [2.75, 3.05) is 36.4 Å². The molecular weight excluding hydrogens is 420 g/mol. The van der Waals surface area contributed by atoms with Crippen molar-refractivity contribution >= 4 is 28.9 Å². The van der Waals surface area contributed by atoms with E-state index >= 15 is 0 Å². The third-order valence-electron chi connectivity index (χ3n) is 6.54. The third-order valence-corrected chi connectivity index (χ3v) is 6.54. The average Bonchev–Trinajstić information content (AvgIpc) is 2.84. The summed E-state index contributed by atoms with van der Waals surface area (Å²) in [6, 6.07) is 14.0. The number of anilines is 2. The van der Waals surface area contributed by atoms with Crippen molar-refractivity contribution < 1.29 is 14.5 Å². The van der Waals surface area contributed by atoms with Crippen LogP contribution >= 0.6 is 0 Å². The lowest BCUT2D eigenvalue weighted by Crippen LogP contribution is -2.43. The number of carbonyl (C=O) groups is 2. The molecule has 0 saturated carbocycles. The molecular formula is C25H30N4O4. The normalized spacial score (nSPS) is 20.9. The van der Waals surface area contributed by atoms with Crippen molar-refractivity contribution in [1.82, 2.24) is 4.90 Å². The van der Waals surface area contributed by atoms with Gasteiger partial charge in [0.05, 0.1) is 10.8 Å². The summed E-state index contributed by atoms with van der Waals surface area (Å²) in [4.78, 5) is 41.0. The Morgan fingerprint density at radius 3 is 2.52 bits per heavy atom. The van der Waals surface area contributed by atoms with Crippen LogP contribution in [-0.2, 0) is 4.79 Å². The van der Waals surface area contributed by atoms with Crippen LogP contribution in [0.15, 0.2) is 48.5 Å². The Balaban J connectivity index is 1.48. The van der Waals surface area contributed by atoms with Crippen LogP contribution in [0.1, 0.15) is 43.0 Å². The predicted molar refractivity (Wildman–Crippen MR) is 127 cm³/mol. The highest BCUT2D eigenvalue weighted by Gasteiger charge is 2.31. The average molecular weight is 451 g/mol. The zero-order valence-electron chi connectivity index (χ0n) is 18.9. The molecule has 2 fully saturated rings. The van der Waals surface area contributed by atoms with Gasteiger partial charge < -0.3 is 15.1 Å². The number of nitro benzene ring substituents is 1. The maximum atomic E-state index is 13.2. The molecule has 2 saturated heterocycles. The van der Waals surface area contributed by atoms with E-state index in [9.17, 15) is 19.7 Å². The van der Waals surface area contributed by atoms with Gasteiger partial charge in [0.1, 0.15) is 5.69 Å². The van der Waals surface area contributed by atoms with E-state index in [1.54, 1.807) is 17.0 Å². The van der Waals surface area contributed by atoms with Crippen LogP contribution in [0.3, 0.4) is 0 Å². The van der Waals surface area contributed by atoms with Crippen LogP contribution < -0.4 is 10.2 Å². The predicted octanol–water partition coefficient (Wildman–Crippen LogP) is 4.32. The number of benzene rings is 2. The number of nitro groups is 1. The van der Waals surface area contributed by atoms with Gasteiger partial charge in [0.15, 0.2) is 0 Å². The first-order valence-corrected chi connectivity index (χ1v) is 11.6. The van der Waals surface area contributed by atoms with Crippen LogP contribution in [0, 0.1) is 22.0 Å². The molecule has 33 heavy (non-hydrogen) atoms. The minimum atomic E-state index is -0.405. The van der Waals surface area contributed by atoms with Crippen molar-refractivity contribution in [3.8, 4) is 0 Å². The minimum Gasteiger partial charge on any atom is -0.366 e. The van der Waals surface area contributed by atoms with Gasteiger partial charge in [-0.15, -0.1) is 0 Å². The molecule has 0 aliphatic carbocycles. The van der Waals surface area contributed by atoms with Crippen molar-refractivity contribution in [3.63, 3.8) is 0 Å². The topological polar surface area (TPSA) is 95.8 Å². The number of carbonyl (C=O) groups excluding carboxylic acids is 2. The summed E-state index contributed by atoms with van der Waals surface area (Å²) in [6.07, 6.45) is 3.53. The molecule has 0 radical (unpaired) electrons. The number of piperidine rings is 2. The summed E-state index contributed by atoms with van der Waals surface area (Å²) in [5, 5.41) is 14.7. The van der Waals surface area contributed by atoms with Gasteiger partial charge in [-0.25, -0.2) is 0 Å². The largest absolute Gasteiger partial charge is 0.366 e. The van der Waals surface area contributed by atoms with Gasteiger partial charge >= 0.3 is 0 Å². The Morgan fingerprint density at radius 2 is 1.79 bits per heavy atom. The van der Waals surface area contributed by atoms with E-state index in [0.29, 0.717) is 43.1 Å². The molecule has 2 amide bonds. The monoisotopic (exact) mass is 450 g/mol. The van der Waals surface area contributed by atoms with Gasteiger partial charge in [-0.1, -0.05) is 25.1 Å². The molecule has 0 spiro atoms. The van der Waals surface area contributed by atoms with Crippen LogP contribution in [-0.4, -0.2) is 47.8 Å². The van der Waals surface area contributed by atoms with E-state index in [1.165, 1.54) is 6.07 Å². The molecule has 2 aromatic carbocycles. The Kier molecular flexibility index (Phi) is 6.91. The van der Waals surface area contributed by atoms with E-state index in [0.717, 1.165) is 31.6 Å². The van der Waals surface area contributed by atoms with Gasteiger partial charge in [0.2, 0.25) is 5.91 Å². The molecule has 8 heteroatoms. The highest BCUT2D eigenvalue weighted by Crippen LogP contribution is 2.33. The summed E-state index contributed by atoms with van der Waals surface area (Å²) in [6.45, 7) is 4.54. The van der Waals surface area contributed by atoms with Gasteiger partial charge in [0.25, 0.3) is 11.6 Å². The lowest BCUT2D eigenvalue weighted by atomic mass is 9.96. The van der Waals surface area contributed by atoms with E-state index in [-0.39, 0.29) is 23.4 Å². The van der Waals surface area contributed by atoms with Crippen LogP contribution in [0.5, 0.6) is 0 Å². The second-order valence-corrected chi connectivity index (χ2v) is 9.10. The van der Waals surface area contributed by atoms with E-state index < -0.39 is 4.92 Å². The molecule has 174 valence electrons. The third kappa shape index (κ3) is 5.32. The van der Waals surface area contributed by atoms with E-state index in [2.05, 4.69) is 12.2 Å². The molecule has 2 aliphatic heterocycles. The lowest BCUT2D eigenvalue weighted by Gasteiger charge is -2.33. The molecule has 2 aliphatic rings. The standard InChI is InChI=1S/C25H30N4O4/c1-18-7-5-13-27(16-18)22-12-11-19(15-23(22)29(32)33)25(31)28-14-6-8-20(17-28)24(30)26-21-9-3-2-4-10-21/h2-4,9-12,15,18,20H,5-8,13-14,16-17H2,1H3,(H,26,30). The molecule has 4 rings (SSSR count). The van der Waals surface area contributed by atoms with Crippen molar-refractivity contribution in [1.29, 1.82) is 0 Å². The first-order chi connectivity index (χ1) is 15.9. The quantitative estimate of drug-likeness (QED) is 0.541. The Hall–Kier alpha value is -3.42. The first-order valence-electron chi connectivity index (χ1n) is 11.6. The summed E-state index contributed by atoms with van der Waals surface area (Å²) in [5.74, 6) is -0.216. The molecule has 2 heterocycles. The van der Waals surface area contributed by atoms with E-state index in [4.69, 9.17) is 0 Å². The number of likely N-dealkylation sites (tertiary alicyclic amines) is 1. The zero-order chi connectivity index (χ0) is 23.4. The molecule has 0 aromatic heterocycles. The summed E-state index contributed by atoms with van der Waals surface area (Å²) in [5.41, 5.74) is 1.55. The van der Waals surface area contributed by atoms with Crippen LogP contribution in [0.2, 0.25) is 0 Å². The highest BCUT2D eigenvalue weighted by molar-refractivity contribution is 5.97. The maximum Gasteiger partial charge on any atom is 0.293 e. The van der Waals surface area contributed by atoms with Gasteiger partial charge in [-0.2, -0.15) is 0 Å². The Bertz CT molecular complexity index is 1030. The zero-order valence-corrected chi connectivity index (χ0v) is 18.9. The number of rotatable bonds is 5.